The van der Waals surface area contributed by atoms with Gasteiger partial charge in [0.05, 0.1) is 5.92 Å². The van der Waals surface area contributed by atoms with Crippen molar-refractivity contribution in [2.75, 3.05) is 17.6 Å². The number of benzene rings is 1. The van der Waals surface area contributed by atoms with E-state index in [1.807, 2.05) is 25.4 Å². The van der Waals surface area contributed by atoms with Gasteiger partial charge in [0.1, 0.15) is 17.7 Å². The van der Waals surface area contributed by atoms with Gasteiger partial charge in [-0.3, -0.25) is 14.2 Å². The Hall–Kier alpha value is -4.60. The first kappa shape index (κ1) is 27.9. The Morgan fingerprint density at radius 3 is 2.59 bits per heavy atom. The van der Waals surface area contributed by atoms with Crippen molar-refractivity contribution in [3.05, 3.63) is 104 Å². The number of anilines is 2. The van der Waals surface area contributed by atoms with Crippen molar-refractivity contribution in [2.24, 2.45) is 0 Å². The van der Waals surface area contributed by atoms with Gasteiger partial charge in [-0.2, -0.15) is 0 Å². The van der Waals surface area contributed by atoms with Gasteiger partial charge in [-0.15, -0.1) is 0 Å². The number of hydrogen-bond acceptors (Lipinski definition) is 8. The highest BCUT2D eigenvalue weighted by atomic mass is 16.2. The molecule has 3 aromatic heterocycles. The van der Waals surface area contributed by atoms with Crippen LogP contribution in [0.4, 0.5) is 11.6 Å². The molecule has 0 fully saturated rings. The van der Waals surface area contributed by atoms with Gasteiger partial charge in [-0.05, 0) is 68.4 Å². The van der Waals surface area contributed by atoms with Gasteiger partial charge < -0.3 is 16.4 Å². The number of rotatable bonds is 9. The third-order valence-corrected chi connectivity index (χ3v) is 7.75. The maximum absolute atomic E-state index is 13.6. The molecule has 1 amide bonds. The summed E-state index contributed by atoms with van der Waals surface area (Å²) in [6, 6.07) is 9.25. The molecule has 2 atom stereocenters. The molecule has 4 heterocycles. The third-order valence-electron chi connectivity index (χ3n) is 7.75. The lowest BCUT2D eigenvalue weighted by molar-refractivity contribution is -0.124. The average Bonchev–Trinajstić information content (AvgIpc) is 3.40. The summed E-state index contributed by atoms with van der Waals surface area (Å²) in [4.78, 5) is 44.8. The third kappa shape index (κ3) is 5.96. The maximum atomic E-state index is 13.6. The Kier molecular flexibility index (Phi) is 8.09. The molecular formula is C31H36N8O2. The summed E-state index contributed by atoms with van der Waals surface area (Å²) >= 11 is 0. The largest absolute Gasteiger partial charge is 0.384 e. The van der Waals surface area contributed by atoms with E-state index >= 15 is 0 Å². The SMILES string of the molecule is CCc1cnc([C@@H](CNc2ncc3n(c2=O)[C@H](C(=O)NCc2ccc(N)nc2C)CC3)c2ccc(C)cc2C)nc1. The van der Waals surface area contributed by atoms with Gasteiger partial charge in [0.25, 0.3) is 5.56 Å². The van der Waals surface area contributed by atoms with Gasteiger partial charge in [0, 0.05) is 43.1 Å². The predicted octanol–water partition coefficient (Wildman–Crippen LogP) is 3.55. The lowest BCUT2D eigenvalue weighted by Crippen LogP contribution is -2.36. The molecular weight excluding hydrogens is 516 g/mol. The first-order valence-electron chi connectivity index (χ1n) is 14.0. The average molecular weight is 553 g/mol. The van der Waals surface area contributed by atoms with E-state index in [-0.39, 0.29) is 23.2 Å². The van der Waals surface area contributed by atoms with Crippen LogP contribution in [0.25, 0.3) is 0 Å². The van der Waals surface area contributed by atoms with E-state index < -0.39 is 6.04 Å². The zero-order valence-corrected chi connectivity index (χ0v) is 23.9. The first-order chi connectivity index (χ1) is 19.7. The number of aromatic nitrogens is 5. The van der Waals surface area contributed by atoms with Gasteiger partial charge >= 0.3 is 0 Å². The number of carbonyl (C=O) groups is 1. The summed E-state index contributed by atoms with van der Waals surface area (Å²) in [7, 11) is 0. The lowest BCUT2D eigenvalue weighted by Gasteiger charge is -2.20. The van der Waals surface area contributed by atoms with Crippen LogP contribution in [-0.4, -0.2) is 37.0 Å². The predicted molar refractivity (Wildman–Crippen MR) is 159 cm³/mol. The number of carbonyl (C=O) groups excluding carboxylic acids is 1. The van der Waals surface area contributed by atoms with Crippen LogP contribution in [-0.2, 0) is 24.2 Å². The minimum Gasteiger partial charge on any atom is -0.384 e. The van der Waals surface area contributed by atoms with Gasteiger partial charge in [0.15, 0.2) is 5.82 Å². The molecule has 1 aromatic carbocycles. The number of nitrogens with two attached hydrogens (primary N) is 1. The molecule has 1 aliphatic heterocycles. The number of nitrogens with one attached hydrogen (secondary N) is 2. The number of amides is 1. The number of pyridine rings is 1. The van der Waals surface area contributed by atoms with E-state index in [9.17, 15) is 9.59 Å². The molecule has 0 saturated carbocycles. The molecule has 5 rings (SSSR count). The van der Waals surface area contributed by atoms with Crippen LogP contribution in [0, 0.1) is 20.8 Å². The number of hydrogen-bond donors (Lipinski definition) is 3. The van der Waals surface area contributed by atoms with Crippen molar-refractivity contribution in [3.63, 3.8) is 0 Å². The molecule has 0 radical (unpaired) electrons. The Balaban J connectivity index is 1.37. The molecule has 41 heavy (non-hydrogen) atoms. The topological polar surface area (TPSA) is 141 Å². The van der Waals surface area contributed by atoms with Crippen LogP contribution >= 0.6 is 0 Å². The zero-order chi connectivity index (χ0) is 29.1. The second kappa shape index (κ2) is 11.9. The number of nitrogens with zero attached hydrogens (tertiary/aromatic N) is 5. The van der Waals surface area contributed by atoms with Gasteiger partial charge in [-0.25, -0.2) is 19.9 Å². The minimum absolute atomic E-state index is 0.197. The second-order valence-corrected chi connectivity index (χ2v) is 10.6. The fourth-order valence-corrected chi connectivity index (χ4v) is 5.39. The summed E-state index contributed by atoms with van der Waals surface area (Å²) in [6.07, 6.45) is 7.39. The summed E-state index contributed by atoms with van der Waals surface area (Å²) in [5.41, 5.74) is 12.3. The lowest BCUT2D eigenvalue weighted by atomic mass is 9.92. The van der Waals surface area contributed by atoms with Gasteiger partial charge in [0.2, 0.25) is 5.91 Å². The molecule has 0 aliphatic carbocycles. The molecule has 10 nitrogen and oxygen atoms in total. The van der Waals surface area contributed by atoms with Crippen LogP contribution < -0.4 is 21.9 Å². The van der Waals surface area contributed by atoms with E-state index in [4.69, 9.17) is 5.73 Å². The number of nitrogen functional groups attached to an aromatic ring is 1. The van der Waals surface area contributed by atoms with E-state index in [0.717, 1.165) is 40.1 Å². The molecule has 212 valence electrons. The Bertz CT molecular complexity index is 1630. The van der Waals surface area contributed by atoms with Crippen molar-refractivity contribution in [1.82, 2.24) is 29.8 Å². The molecule has 0 unspecified atom stereocenters. The Morgan fingerprint density at radius 1 is 1.10 bits per heavy atom. The summed E-state index contributed by atoms with van der Waals surface area (Å²) in [6.45, 7) is 8.74. The second-order valence-electron chi connectivity index (χ2n) is 10.6. The first-order valence-corrected chi connectivity index (χ1v) is 14.0. The normalized spacial score (nSPS) is 14.9. The van der Waals surface area contributed by atoms with Crippen molar-refractivity contribution < 1.29 is 4.79 Å². The molecule has 0 spiro atoms. The quantitative estimate of drug-likeness (QED) is 0.286. The van der Waals surface area contributed by atoms with Crippen molar-refractivity contribution in [3.8, 4) is 0 Å². The van der Waals surface area contributed by atoms with Crippen molar-refractivity contribution in [2.45, 2.75) is 65.5 Å². The standard InChI is InChI=1S/C31H36N8O2/c1-5-21-13-33-28(34-14-21)25(24-9-6-18(2)12-19(24)3)17-36-29-31(41)39-23(16-35-29)8-10-26(39)30(40)37-15-22-7-11-27(32)38-20(22)4/h6-7,9,11-14,16,25-26H,5,8,10,15,17H2,1-4H3,(H2,32,38)(H,35,36)(H,37,40)/t25-,26-/m0/s1. The zero-order valence-electron chi connectivity index (χ0n) is 23.9. The van der Waals surface area contributed by atoms with Crippen LogP contribution in [0.5, 0.6) is 0 Å². The van der Waals surface area contributed by atoms with Crippen LogP contribution in [0.1, 0.15) is 70.3 Å². The number of fused-ring (bicyclic) bond motifs is 1. The molecule has 0 saturated heterocycles. The Morgan fingerprint density at radius 2 is 1.88 bits per heavy atom. The highest BCUT2D eigenvalue weighted by molar-refractivity contribution is 5.81. The van der Waals surface area contributed by atoms with E-state index in [1.54, 1.807) is 16.8 Å². The van der Waals surface area contributed by atoms with Crippen LogP contribution in [0.3, 0.4) is 0 Å². The maximum Gasteiger partial charge on any atom is 0.294 e. The fraction of sp³-hybridized carbons (Fsp3) is 0.355. The highest BCUT2D eigenvalue weighted by Crippen LogP contribution is 2.27. The van der Waals surface area contributed by atoms with E-state index in [2.05, 4.69) is 69.5 Å². The van der Waals surface area contributed by atoms with Crippen LogP contribution in [0.2, 0.25) is 0 Å². The smallest absolute Gasteiger partial charge is 0.294 e. The molecule has 10 heteroatoms. The fourth-order valence-electron chi connectivity index (χ4n) is 5.39. The van der Waals surface area contributed by atoms with Crippen molar-refractivity contribution >= 4 is 17.5 Å². The van der Waals surface area contributed by atoms with E-state index in [1.165, 1.54) is 5.56 Å². The molecule has 0 bridgehead atoms. The monoisotopic (exact) mass is 552 g/mol. The van der Waals surface area contributed by atoms with Crippen LogP contribution in [0.15, 0.2) is 53.7 Å². The summed E-state index contributed by atoms with van der Waals surface area (Å²) in [5, 5.41) is 6.23. The summed E-state index contributed by atoms with van der Waals surface area (Å²) in [5.74, 6) is 0.902. The molecule has 4 aromatic rings. The number of aryl methyl sites for hydroxylation is 5. The van der Waals surface area contributed by atoms with Crippen molar-refractivity contribution in [1.29, 1.82) is 0 Å². The Labute approximate surface area is 239 Å². The molecule has 4 N–H and O–H groups in total. The minimum atomic E-state index is -0.608. The molecule has 1 aliphatic rings. The highest BCUT2D eigenvalue weighted by Gasteiger charge is 2.31. The van der Waals surface area contributed by atoms with E-state index in [0.29, 0.717) is 37.6 Å². The van der Waals surface area contributed by atoms with Gasteiger partial charge in [-0.1, -0.05) is 36.8 Å². The summed E-state index contributed by atoms with van der Waals surface area (Å²) < 4.78 is 1.57.